The molecule has 0 aliphatic heterocycles. The number of carbonyl (C=O) groups excluding carboxylic acids is 1. The summed E-state index contributed by atoms with van der Waals surface area (Å²) in [6, 6.07) is 7.06. The molecule has 86 valence electrons. The first-order chi connectivity index (χ1) is 7.70. The Hall–Kier alpha value is -1.55. The SMILES string of the molecule is NCC1CC(Oc2ccccc2C(N)=O)C1. The Bertz CT molecular complexity index is 386. The summed E-state index contributed by atoms with van der Waals surface area (Å²) in [7, 11) is 0. The Balaban J connectivity index is 2.02. The molecule has 0 bridgehead atoms. The zero-order valence-electron chi connectivity index (χ0n) is 9.06. The molecule has 16 heavy (non-hydrogen) atoms. The molecule has 0 spiro atoms. The highest BCUT2D eigenvalue weighted by molar-refractivity contribution is 5.95. The van der Waals surface area contributed by atoms with E-state index in [0.29, 0.717) is 23.8 Å². The highest BCUT2D eigenvalue weighted by atomic mass is 16.5. The van der Waals surface area contributed by atoms with E-state index in [1.165, 1.54) is 0 Å². The van der Waals surface area contributed by atoms with Crippen molar-refractivity contribution in [3.05, 3.63) is 29.8 Å². The lowest BCUT2D eigenvalue weighted by Gasteiger charge is -2.34. The zero-order valence-corrected chi connectivity index (χ0v) is 9.06. The molecule has 1 aromatic rings. The molecule has 0 saturated heterocycles. The van der Waals surface area contributed by atoms with Gasteiger partial charge < -0.3 is 16.2 Å². The van der Waals surface area contributed by atoms with Crippen molar-refractivity contribution in [1.82, 2.24) is 0 Å². The predicted molar refractivity (Wildman–Crippen MR) is 61.2 cm³/mol. The molecule has 1 saturated carbocycles. The number of rotatable bonds is 4. The van der Waals surface area contributed by atoms with Gasteiger partial charge in [0.1, 0.15) is 5.75 Å². The van der Waals surface area contributed by atoms with E-state index in [-0.39, 0.29) is 6.10 Å². The Labute approximate surface area is 94.6 Å². The number of para-hydroxylation sites is 1. The highest BCUT2D eigenvalue weighted by Crippen LogP contribution is 2.31. The third-order valence-electron chi connectivity index (χ3n) is 2.97. The van der Waals surface area contributed by atoms with E-state index in [9.17, 15) is 4.79 Å². The summed E-state index contributed by atoms with van der Waals surface area (Å²) in [5, 5.41) is 0. The van der Waals surface area contributed by atoms with Crippen molar-refractivity contribution in [3.63, 3.8) is 0 Å². The van der Waals surface area contributed by atoms with Crippen LogP contribution in [-0.2, 0) is 0 Å². The second-order valence-electron chi connectivity index (χ2n) is 4.17. The Morgan fingerprint density at radius 1 is 1.38 bits per heavy atom. The van der Waals surface area contributed by atoms with Gasteiger partial charge >= 0.3 is 0 Å². The van der Waals surface area contributed by atoms with E-state index in [2.05, 4.69) is 0 Å². The van der Waals surface area contributed by atoms with Crippen LogP contribution in [0.15, 0.2) is 24.3 Å². The Kier molecular flexibility index (Phi) is 3.10. The minimum absolute atomic E-state index is 0.175. The van der Waals surface area contributed by atoms with Crippen molar-refractivity contribution < 1.29 is 9.53 Å². The van der Waals surface area contributed by atoms with Gasteiger partial charge in [-0.25, -0.2) is 0 Å². The molecule has 1 aliphatic carbocycles. The third kappa shape index (κ3) is 2.17. The smallest absolute Gasteiger partial charge is 0.252 e. The minimum Gasteiger partial charge on any atom is -0.490 e. The summed E-state index contributed by atoms with van der Waals surface area (Å²) >= 11 is 0. The van der Waals surface area contributed by atoms with Gasteiger partial charge in [-0.3, -0.25) is 4.79 Å². The minimum atomic E-state index is -0.453. The van der Waals surface area contributed by atoms with Gasteiger partial charge in [0, 0.05) is 0 Å². The first kappa shape index (κ1) is 11.0. The van der Waals surface area contributed by atoms with Crippen molar-refractivity contribution in [1.29, 1.82) is 0 Å². The van der Waals surface area contributed by atoms with Crippen molar-refractivity contribution in [2.45, 2.75) is 18.9 Å². The lowest BCUT2D eigenvalue weighted by atomic mass is 9.82. The molecule has 1 amide bonds. The third-order valence-corrected chi connectivity index (χ3v) is 2.97. The van der Waals surface area contributed by atoms with Crippen LogP contribution in [0.4, 0.5) is 0 Å². The van der Waals surface area contributed by atoms with Crippen LogP contribution in [0.5, 0.6) is 5.75 Å². The molecule has 2 rings (SSSR count). The number of primary amides is 1. The molecule has 0 heterocycles. The molecular weight excluding hydrogens is 204 g/mol. The first-order valence-electron chi connectivity index (χ1n) is 5.46. The molecule has 1 aromatic carbocycles. The summed E-state index contributed by atoms with van der Waals surface area (Å²) < 4.78 is 5.72. The van der Waals surface area contributed by atoms with Crippen LogP contribution in [0.3, 0.4) is 0 Å². The normalized spacial score (nSPS) is 23.6. The van der Waals surface area contributed by atoms with Crippen LogP contribution in [0.2, 0.25) is 0 Å². The fourth-order valence-electron chi connectivity index (χ4n) is 1.92. The number of ether oxygens (including phenoxy) is 1. The van der Waals surface area contributed by atoms with Crippen LogP contribution in [0, 0.1) is 5.92 Å². The maximum absolute atomic E-state index is 11.2. The Morgan fingerprint density at radius 3 is 2.69 bits per heavy atom. The monoisotopic (exact) mass is 220 g/mol. The molecular formula is C12H16N2O2. The summed E-state index contributed by atoms with van der Waals surface area (Å²) in [6.07, 6.45) is 2.10. The van der Waals surface area contributed by atoms with Gasteiger partial charge in [-0.15, -0.1) is 0 Å². The van der Waals surface area contributed by atoms with Gasteiger partial charge in [0.05, 0.1) is 11.7 Å². The topological polar surface area (TPSA) is 78.3 Å². The molecule has 0 unspecified atom stereocenters. The molecule has 1 fully saturated rings. The van der Waals surface area contributed by atoms with Gasteiger partial charge in [-0.05, 0) is 37.4 Å². The maximum Gasteiger partial charge on any atom is 0.252 e. The number of benzene rings is 1. The van der Waals surface area contributed by atoms with E-state index in [0.717, 1.165) is 12.8 Å². The molecule has 0 atom stereocenters. The van der Waals surface area contributed by atoms with E-state index in [1.54, 1.807) is 18.2 Å². The number of nitrogens with two attached hydrogens (primary N) is 2. The zero-order chi connectivity index (χ0) is 11.5. The molecule has 0 aromatic heterocycles. The second kappa shape index (κ2) is 4.53. The van der Waals surface area contributed by atoms with E-state index < -0.39 is 5.91 Å². The van der Waals surface area contributed by atoms with Gasteiger partial charge in [-0.1, -0.05) is 12.1 Å². The van der Waals surface area contributed by atoms with Crippen molar-refractivity contribution >= 4 is 5.91 Å². The van der Waals surface area contributed by atoms with Gasteiger partial charge in [0.15, 0.2) is 0 Å². The second-order valence-corrected chi connectivity index (χ2v) is 4.17. The molecule has 0 radical (unpaired) electrons. The van der Waals surface area contributed by atoms with E-state index in [1.807, 2.05) is 6.07 Å². The number of carbonyl (C=O) groups is 1. The Morgan fingerprint density at radius 2 is 2.06 bits per heavy atom. The number of hydrogen-bond donors (Lipinski definition) is 2. The standard InChI is InChI=1S/C12H16N2O2/c13-7-8-5-9(6-8)16-11-4-2-1-3-10(11)12(14)15/h1-4,8-9H,5-7,13H2,(H2,14,15). The quantitative estimate of drug-likeness (QED) is 0.791. The van der Waals surface area contributed by atoms with Crippen LogP contribution >= 0.6 is 0 Å². The maximum atomic E-state index is 11.2. The summed E-state index contributed by atoms with van der Waals surface area (Å²) in [4.78, 5) is 11.2. The highest BCUT2D eigenvalue weighted by Gasteiger charge is 2.30. The molecule has 4 nitrogen and oxygen atoms in total. The predicted octanol–water partition coefficient (Wildman–Crippen LogP) is 0.902. The van der Waals surface area contributed by atoms with E-state index in [4.69, 9.17) is 16.2 Å². The summed E-state index contributed by atoms with van der Waals surface area (Å²) in [5.74, 6) is 0.687. The van der Waals surface area contributed by atoms with Crippen molar-refractivity contribution in [2.75, 3.05) is 6.54 Å². The van der Waals surface area contributed by atoms with E-state index >= 15 is 0 Å². The largest absolute Gasteiger partial charge is 0.490 e. The average molecular weight is 220 g/mol. The lowest BCUT2D eigenvalue weighted by molar-refractivity contribution is 0.0674. The van der Waals surface area contributed by atoms with Crippen LogP contribution in [0.1, 0.15) is 23.2 Å². The molecule has 4 N–H and O–H groups in total. The lowest BCUT2D eigenvalue weighted by Crippen LogP contribution is -2.38. The van der Waals surface area contributed by atoms with Crippen molar-refractivity contribution in [2.24, 2.45) is 17.4 Å². The van der Waals surface area contributed by atoms with Crippen molar-refractivity contribution in [3.8, 4) is 5.75 Å². The van der Waals surface area contributed by atoms with Crippen LogP contribution in [0.25, 0.3) is 0 Å². The van der Waals surface area contributed by atoms with Gasteiger partial charge in [0.2, 0.25) is 0 Å². The summed E-state index contributed by atoms with van der Waals surface area (Å²) in [5.41, 5.74) is 11.2. The fraction of sp³-hybridized carbons (Fsp3) is 0.417. The van der Waals surface area contributed by atoms with Crippen LogP contribution < -0.4 is 16.2 Å². The molecule has 1 aliphatic rings. The van der Waals surface area contributed by atoms with Crippen LogP contribution in [-0.4, -0.2) is 18.6 Å². The van der Waals surface area contributed by atoms with Gasteiger partial charge in [0.25, 0.3) is 5.91 Å². The first-order valence-corrected chi connectivity index (χ1v) is 5.46. The number of amides is 1. The van der Waals surface area contributed by atoms with Gasteiger partial charge in [-0.2, -0.15) is 0 Å². The number of hydrogen-bond acceptors (Lipinski definition) is 3. The molecule has 4 heteroatoms. The fourth-order valence-corrected chi connectivity index (χ4v) is 1.92. The average Bonchev–Trinajstić information content (AvgIpc) is 2.23. The summed E-state index contributed by atoms with van der Waals surface area (Å²) in [6.45, 7) is 0.706.